The molecule has 0 bridgehead atoms. The molecule has 1 amide bonds. The predicted octanol–water partition coefficient (Wildman–Crippen LogP) is 3.05. The number of carbonyl (C=O) groups is 1. The van der Waals surface area contributed by atoms with Crippen LogP contribution in [0.3, 0.4) is 0 Å². The van der Waals surface area contributed by atoms with Gasteiger partial charge >= 0.3 is 6.18 Å². The normalized spacial score (nSPS) is 15.8. The molecule has 1 aliphatic heterocycles. The van der Waals surface area contributed by atoms with Gasteiger partial charge in [0.15, 0.2) is 5.82 Å². The third-order valence-corrected chi connectivity index (χ3v) is 4.53. The van der Waals surface area contributed by atoms with Crippen LogP contribution in [0, 0.1) is 0 Å². The third kappa shape index (κ3) is 3.50. The average molecular weight is 404 g/mol. The Hall–Kier alpha value is -3.50. The van der Waals surface area contributed by atoms with E-state index in [4.69, 9.17) is 4.74 Å². The molecule has 1 aliphatic rings. The second kappa shape index (κ2) is 7.15. The van der Waals surface area contributed by atoms with E-state index in [1.165, 1.54) is 31.5 Å². The highest BCUT2D eigenvalue weighted by Crippen LogP contribution is 2.41. The van der Waals surface area contributed by atoms with E-state index >= 15 is 0 Å². The predicted molar refractivity (Wildman–Crippen MR) is 95.4 cm³/mol. The van der Waals surface area contributed by atoms with Crippen LogP contribution in [0.15, 0.2) is 36.5 Å². The zero-order valence-corrected chi connectivity index (χ0v) is 15.1. The number of amides is 1. The van der Waals surface area contributed by atoms with Gasteiger partial charge in [-0.2, -0.15) is 13.2 Å². The van der Waals surface area contributed by atoms with E-state index in [1.54, 1.807) is 12.1 Å². The maximum Gasteiger partial charge on any atom is 0.409 e. The van der Waals surface area contributed by atoms with Crippen molar-refractivity contribution in [3.05, 3.63) is 47.9 Å². The van der Waals surface area contributed by atoms with Gasteiger partial charge in [-0.3, -0.25) is 9.36 Å². The molecule has 11 heteroatoms. The summed E-state index contributed by atoms with van der Waals surface area (Å²) in [6, 6.07) is 6.03. The molecule has 1 atom stereocenters. The van der Waals surface area contributed by atoms with E-state index in [-0.39, 0.29) is 47.4 Å². The number of hydrogen-bond acceptors (Lipinski definition) is 6. The number of fused-ring (bicyclic) bond motifs is 1. The smallest absolute Gasteiger partial charge is 0.409 e. The Balaban J connectivity index is 1.64. The molecule has 3 aromatic heterocycles. The maximum absolute atomic E-state index is 13.4. The molecule has 0 spiro atoms. The number of hydrogen-bond donors (Lipinski definition) is 1. The van der Waals surface area contributed by atoms with Gasteiger partial charge in [0, 0.05) is 12.6 Å². The number of aryl methyl sites for hydroxylation is 1. The molecule has 1 N–H and O–H groups in total. The summed E-state index contributed by atoms with van der Waals surface area (Å²) in [4.78, 5) is 20.7. The van der Waals surface area contributed by atoms with Crippen molar-refractivity contribution in [2.24, 2.45) is 0 Å². The Bertz CT molecular complexity index is 1070. The van der Waals surface area contributed by atoms with E-state index in [1.807, 2.05) is 0 Å². The van der Waals surface area contributed by atoms with Gasteiger partial charge in [0.05, 0.1) is 7.11 Å². The van der Waals surface area contributed by atoms with E-state index in [0.717, 1.165) is 4.57 Å². The zero-order valence-electron chi connectivity index (χ0n) is 15.1. The molecule has 0 radical (unpaired) electrons. The van der Waals surface area contributed by atoms with Crippen molar-refractivity contribution in [1.82, 2.24) is 24.7 Å². The van der Waals surface area contributed by atoms with Crippen LogP contribution in [-0.4, -0.2) is 43.9 Å². The number of methoxy groups -OCH3 is 1. The van der Waals surface area contributed by atoms with E-state index in [9.17, 15) is 18.0 Å². The van der Waals surface area contributed by atoms with E-state index in [2.05, 4.69) is 25.5 Å². The van der Waals surface area contributed by atoms with Crippen molar-refractivity contribution in [3.8, 4) is 17.4 Å². The van der Waals surface area contributed by atoms with E-state index < -0.39 is 18.1 Å². The van der Waals surface area contributed by atoms with Crippen LogP contribution in [0.1, 0.15) is 28.6 Å². The van der Waals surface area contributed by atoms with Crippen LogP contribution in [0.4, 0.5) is 19.0 Å². The van der Waals surface area contributed by atoms with Gasteiger partial charge in [-0.1, -0.05) is 6.07 Å². The summed E-state index contributed by atoms with van der Waals surface area (Å²) < 4.78 is 46.2. The fraction of sp³-hybridized carbons (Fsp3) is 0.278. The van der Waals surface area contributed by atoms with Crippen molar-refractivity contribution in [1.29, 1.82) is 0 Å². The molecule has 150 valence electrons. The lowest BCUT2D eigenvalue weighted by atomic mass is 10.2. The SMILES string of the molecule is COc1ncccc1C(=O)Nc1cccc(-c2nnc3n2[C@@H](C(F)(F)F)CC3)n1. The Kier molecular flexibility index (Phi) is 4.65. The number of nitrogens with zero attached hydrogens (tertiary/aromatic N) is 5. The van der Waals surface area contributed by atoms with Gasteiger partial charge < -0.3 is 10.1 Å². The Labute approximate surface area is 162 Å². The topological polar surface area (TPSA) is 94.8 Å². The van der Waals surface area contributed by atoms with Crippen LogP contribution in [0.2, 0.25) is 0 Å². The number of rotatable bonds is 4. The van der Waals surface area contributed by atoms with Gasteiger partial charge in [-0.15, -0.1) is 10.2 Å². The average Bonchev–Trinajstić information content (AvgIpc) is 3.29. The number of aromatic nitrogens is 5. The minimum Gasteiger partial charge on any atom is -0.480 e. The quantitative estimate of drug-likeness (QED) is 0.718. The molecule has 0 saturated heterocycles. The minimum atomic E-state index is -4.41. The van der Waals surface area contributed by atoms with Crippen LogP contribution in [0.5, 0.6) is 5.88 Å². The standard InChI is InChI=1S/C18H15F3N6O2/c1-29-17-10(4-3-9-22-17)16(28)24-13-6-2-5-11(23-13)15-26-25-14-8-7-12(27(14)15)18(19,20)21/h2-6,9,12H,7-8H2,1H3,(H,23,24,28)/t12-/m1/s1. The van der Waals surface area contributed by atoms with Crippen molar-refractivity contribution < 1.29 is 22.7 Å². The van der Waals surface area contributed by atoms with Crippen molar-refractivity contribution in [2.75, 3.05) is 12.4 Å². The lowest BCUT2D eigenvalue weighted by molar-refractivity contribution is -0.165. The van der Waals surface area contributed by atoms with Gasteiger partial charge in [0.25, 0.3) is 5.91 Å². The summed E-state index contributed by atoms with van der Waals surface area (Å²) in [7, 11) is 1.39. The molecular weight excluding hydrogens is 389 g/mol. The Morgan fingerprint density at radius 3 is 2.83 bits per heavy atom. The highest BCUT2D eigenvalue weighted by molar-refractivity contribution is 6.05. The first-order valence-corrected chi connectivity index (χ1v) is 8.66. The maximum atomic E-state index is 13.4. The zero-order chi connectivity index (χ0) is 20.6. The summed E-state index contributed by atoms with van der Waals surface area (Å²) in [5, 5.41) is 10.3. The van der Waals surface area contributed by atoms with Crippen LogP contribution < -0.4 is 10.1 Å². The monoisotopic (exact) mass is 404 g/mol. The number of pyridine rings is 2. The first kappa shape index (κ1) is 18.8. The lowest BCUT2D eigenvalue weighted by Gasteiger charge is -2.18. The number of anilines is 1. The Morgan fingerprint density at radius 1 is 1.24 bits per heavy atom. The molecule has 4 heterocycles. The van der Waals surface area contributed by atoms with Gasteiger partial charge in [-0.25, -0.2) is 9.97 Å². The molecule has 8 nitrogen and oxygen atoms in total. The minimum absolute atomic E-state index is 0.00915. The fourth-order valence-corrected chi connectivity index (χ4v) is 3.24. The number of nitrogens with one attached hydrogen (secondary N) is 1. The van der Waals surface area contributed by atoms with Crippen LogP contribution >= 0.6 is 0 Å². The van der Waals surface area contributed by atoms with Crippen LogP contribution in [-0.2, 0) is 6.42 Å². The van der Waals surface area contributed by atoms with E-state index in [0.29, 0.717) is 0 Å². The lowest BCUT2D eigenvalue weighted by Crippen LogP contribution is -2.24. The highest BCUT2D eigenvalue weighted by Gasteiger charge is 2.46. The number of alkyl halides is 3. The van der Waals surface area contributed by atoms with Crippen LogP contribution in [0.25, 0.3) is 11.5 Å². The van der Waals surface area contributed by atoms with Crippen molar-refractivity contribution in [2.45, 2.75) is 25.1 Å². The summed E-state index contributed by atoms with van der Waals surface area (Å²) in [5.41, 5.74) is 0.374. The van der Waals surface area contributed by atoms with Crippen molar-refractivity contribution in [3.63, 3.8) is 0 Å². The summed E-state index contributed by atoms with van der Waals surface area (Å²) in [5.74, 6) is 0.0505. The first-order valence-electron chi connectivity index (χ1n) is 8.66. The molecule has 0 saturated carbocycles. The number of ether oxygens (including phenoxy) is 1. The second-order valence-corrected chi connectivity index (χ2v) is 6.33. The number of carbonyl (C=O) groups excluding carboxylic acids is 1. The van der Waals surface area contributed by atoms with Crippen molar-refractivity contribution >= 4 is 11.7 Å². The van der Waals surface area contributed by atoms with Gasteiger partial charge in [-0.05, 0) is 30.7 Å². The summed E-state index contributed by atoms with van der Waals surface area (Å²) in [6.07, 6.45) is -2.82. The Morgan fingerprint density at radius 2 is 2.07 bits per heavy atom. The molecule has 0 aliphatic carbocycles. The molecule has 3 aromatic rings. The molecule has 4 rings (SSSR count). The first-order chi connectivity index (χ1) is 13.9. The third-order valence-electron chi connectivity index (χ3n) is 4.53. The molecule has 0 fully saturated rings. The molecular formula is C18H15F3N6O2. The molecule has 0 unspecified atom stereocenters. The summed E-state index contributed by atoms with van der Waals surface area (Å²) >= 11 is 0. The number of halogens is 3. The molecule has 29 heavy (non-hydrogen) atoms. The molecule has 0 aromatic carbocycles. The second-order valence-electron chi connectivity index (χ2n) is 6.33. The van der Waals surface area contributed by atoms with Gasteiger partial charge in [0.2, 0.25) is 5.88 Å². The van der Waals surface area contributed by atoms with Gasteiger partial charge in [0.1, 0.15) is 28.9 Å². The fourth-order valence-electron chi connectivity index (χ4n) is 3.24. The summed E-state index contributed by atoms with van der Waals surface area (Å²) in [6.45, 7) is 0. The highest BCUT2D eigenvalue weighted by atomic mass is 19.4. The largest absolute Gasteiger partial charge is 0.480 e.